The van der Waals surface area contributed by atoms with Gasteiger partial charge in [0, 0.05) is 19.7 Å². The number of sulfonamides is 1. The van der Waals surface area contributed by atoms with Crippen LogP contribution in [-0.4, -0.2) is 53.9 Å². The van der Waals surface area contributed by atoms with E-state index < -0.39 is 15.4 Å². The monoisotopic (exact) mass is 313 g/mol. The lowest BCUT2D eigenvalue weighted by atomic mass is 9.77. The van der Waals surface area contributed by atoms with Crippen molar-refractivity contribution in [2.24, 2.45) is 0 Å². The number of hydrogen-bond acceptors (Lipinski definition) is 6. The van der Waals surface area contributed by atoms with Crippen LogP contribution >= 0.6 is 0 Å². The van der Waals surface area contributed by atoms with Gasteiger partial charge in [0.15, 0.2) is 5.82 Å². The summed E-state index contributed by atoms with van der Waals surface area (Å²) in [5, 5.41) is 3.69. The Balaban J connectivity index is 1.69. The Labute approximate surface area is 123 Å². The van der Waals surface area contributed by atoms with E-state index in [1.807, 2.05) is 0 Å². The average Bonchev–Trinajstić information content (AvgIpc) is 3.09. The van der Waals surface area contributed by atoms with Gasteiger partial charge in [0.25, 0.3) is 0 Å². The smallest absolute Gasteiger partial charge is 0.236 e. The third-order valence-electron chi connectivity index (χ3n) is 4.84. The van der Waals surface area contributed by atoms with Gasteiger partial charge in [-0.15, -0.1) is 0 Å². The van der Waals surface area contributed by atoms with Crippen molar-refractivity contribution in [1.82, 2.24) is 14.4 Å². The van der Waals surface area contributed by atoms with E-state index in [1.165, 1.54) is 0 Å². The summed E-state index contributed by atoms with van der Waals surface area (Å²) in [4.78, 5) is 4.37. The number of rotatable bonds is 3. The van der Waals surface area contributed by atoms with Crippen molar-refractivity contribution in [2.75, 3.05) is 19.7 Å². The van der Waals surface area contributed by atoms with Crippen molar-refractivity contribution in [2.45, 2.75) is 49.4 Å². The van der Waals surface area contributed by atoms with Crippen molar-refractivity contribution in [3.05, 3.63) is 11.7 Å². The maximum atomic E-state index is 12.5. The predicted molar refractivity (Wildman–Crippen MR) is 73.2 cm³/mol. The maximum Gasteiger partial charge on any atom is 0.236 e. The molecule has 1 aromatic rings. The molecule has 3 heterocycles. The van der Waals surface area contributed by atoms with Gasteiger partial charge in [0.2, 0.25) is 15.9 Å². The maximum absolute atomic E-state index is 12.5. The number of ether oxygens (including phenoxy) is 1. The van der Waals surface area contributed by atoms with Gasteiger partial charge >= 0.3 is 0 Å². The molecule has 1 aromatic heterocycles. The fraction of sp³-hybridized carbons (Fsp3) is 0.846. The van der Waals surface area contributed by atoms with Crippen molar-refractivity contribution < 1.29 is 17.7 Å². The van der Waals surface area contributed by atoms with Crippen LogP contribution in [-0.2, 0) is 20.2 Å². The molecule has 2 aliphatic heterocycles. The van der Waals surface area contributed by atoms with Crippen LogP contribution in [0.15, 0.2) is 4.52 Å². The molecule has 8 heteroatoms. The molecule has 0 radical (unpaired) electrons. The van der Waals surface area contributed by atoms with Gasteiger partial charge in [-0.3, -0.25) is 0 Å². The highest BCUT2D eigenvalue weighted by molar-refractivity contribution is 7.90. The molecule has 0 N–H and O–H groups in total. The van der Waals surface area contributed by atoms with Crippen LogP contribution in [0.5, 0.6) is 0 Å². The molecular weight excluding hydrogens is 294 g/mol. The van der Waals surface area contributed by atoms with E-state index in [0.29, 0.717) is 37.8 Å². The first kappa shape index (κ1) is 13.7. The van der Waals surface area contributed by atoms with E-state index in [-0.39, 0.29) is 11.4 Å². The van der Waals surface area contributed by atoms with Crippen molar-refractivity contribution >= 4 is 10.0 Å². The normalized spacial score (nSPS) is 34.0. The predicted octanol–water partition coefficient (Wildman–Crippen LogP) is 0.603. The van der Waals surface area contributed by atoms with Gasteiger partial charge in [-0.05, 0) is 32.6 Å². The molecule has 21 heavy (non-hydrogen) atoms. The highest BCUT2D eigenvalue weighted by Crippen LogP contribution is 2.44. The minimum atomic E-state index is -3.18. The topological polar surface area (TPSA) is 85.5 Å². The minimum Gasteiger partial charge on any atom is -0.377 e. The molecule has 1 aliphatic carbocycles. The van der Waals surface area contributed by atoms with Crippen molar-refractivity contribution in [3.63, 3.8) is 0 Å². The number of nitrogens with zero attached hydrogens (tertiary/aromatic N) is 3. The summed E-state index contributed by atoms with van der Waals surface area (Å²) in [6, 6.07) is 0. The molecule has 0 bridgehead atoms. The SMILES string of the molecule is Cc1noc([C@@]23CCO[C@@H]2CCN(S(=O)(=O)C2CC2)C3)n1. The zero-order chi connectivity index (χ0) is 14.7. The zero-order valence-electron chi connectivity index (χ0n) is 12.0. The van der Waals surface area contributed by atoms with E-state index in [4.69, 9.17) is 9.26 Å². The first-order valence-corrected chi connectivity index (χ1v) is 8.94. The summed E-state index contributed by atoms with van der Waals surface area (Å²) < 4.78 is 37.9. The number of aromatic nitrogens is 2. The third-order valence-corrected chi connectivity index (χ3v) is 7.19. The molecule has 0 spiro atoms. The van der Waals surface area contributed by atoms with Crippen LogP contribution in [0.25, 0.3) is 0 Å². The van der Waals surface area contributed by atoms with Gasteiger partial charge in [-0.2, -0.15) is 4.98 Å². The molecule has 116 valence electrons. The number of piperidine rings is 1. The second-order valence-electron chi connectivity index (χ2n) is 6.28. The molecule has 3 aliphatic rings. The Morgan fingerprint density at radius 2 is 2.14 bits per heavy atom. The Hall–Kier alpha value is -0.990. The molecule has 0 aromatic carbocycles. The highest BCUT2D eigenvalue weighted by Gasteiger charge is 2.56. The number of aryl methyl sites for hydroxylation is 1. The second-order valence-corrected chi connectivity index (χ2v) is 8.49. The highest BCUT2D eigenvalue weighted by atomic mass is 32.2. The summed E-state index contributed by atoms with van der Waals surface area (Å²) in [7, 11) is -3.18. The molecule has 2 saturated heterocycles. The Bertz CT molecular complexity index is 654. The van der Waals surface area contributed by atoms with Crippen LogP contribution in [0, 0.1) is 6.92 Å². The van der Waals surface area contributed by atoms with Gasteiger partial charge in [-0.1, -0.05) is 5.16 Å². The lowest BCUT2D eigenvalue weighted by Gasteiger charge is -2.40. The van der Waals surface area contributed by atoms with Crippen LogP contribution in [0.1, 0.15) is 37.4 Å². The minimum absolute atomic E-state index is 0.0250. The molecule has 4 rings (SSSR count). The summed E-state index contributed by atoms with van der Waals surface area (Å²) in [6.45, 7) is 3.32. The average molecular weight is 313 g/mol. The van der Waals surface area contributed by atoms with Gasteiger partial charge < -0.3 is 9.26 Å². The van der Waals surface area contributed by atoms with Crippen molar-refractivity contribution in [1.29, 1.82) is 0 Å². The first-order chi connectivity index (χ1) is 10.0. The van der Waals surface area contributed by atoms with Crippen molar-refractivity contribution in [3.8, 4) is 0 Å². The van der Waals surface area contributed by atoms with E-state index in [1.54, 1.807) is 11.2 Å². The lowest BCUT2D eigenvalue weighted by molar-refractivity contribution is 0.0276. The Kier molecular flexibility index (Phi) is 2.93. The number of fused-ring (bicyclic) bond motifs is 1. The number of hydrogen-bond donors (Lipinski definition) is 0. The van der Waals surface area contributed by atoms with Crippen LogP contribution < -0.4 is 0 Å². The quantitative estimate of drug-likeness (QED) is 0.812. The molecule has 7 nitrogen and oxygen atoms in total. The summed E-state index contributed by atoms with van der Waals surface area (Å²) in [5.74, 6) is 1.10. The van der Waals surface area contributed by atoms with E-state index in [9.17, 15) is 8.42 Å². The standard InChI is InChI=1S/C13H19N3O4S/c1-9-14-12(20-15-9)13-5-7-19-11(13)4-6-16(8-13)21(17,18)10-2-3-10/h10-11H,2-8H2,1H3/t11-,13-/m1/s1. The van der Waals surface area contributed by atoms with Crippen LogP contribution in [0.2, 0.25) is 0 Å². The molecule has 2 atom stereocenters. The molecular formula is C13H19N3O4S. The Morgan fingerprint density at radius 3 is 2.81 bits per heavy atom. The summed E-state index contributed by atoms with van der Waals surface area (Å²) >= 11 is 0. The Morgan fingerprint density at radius 1 is 1.33 bits per heavy atom. The van der Waals surface area contributed by atoms with E-state index >= 15 is 0 Å². The van der Waals surface area contributed by atoms with Gasteiger partial charge in [0.05, 0.1) is 16.8 Å². The van der Waals surface area contributed by atoms with Gasteiger partial charge in [-0.25, -0.2) is 12.7 Å². The van der Waals surface area contributed by atoms with E-state index in [2.05, 4.69) is 10.1 Å². The molecule has 1 saturated carbocycles. The fourth-order valence-corrected chi connectivity index (χ4v) is 5.43. The molecule has 0 unspecified atom stereocenters. The molecule has 3 fully saturated rings. The molecule has 0 amide bonds. The lowest BCUT2D eigenvalue weighted by Crippen LogP contribution is -2.54. The summed E-state index contributed by atoms with van der Waals surface area (Å²) in [5.41, 5.74) is -0.471. The zero-order valence-corrected chi connectivity index (χ0v) is 12.8. The van der Waals surface area contributed by atoms with Crippen LogP contribution in [0.3, 0.4) is 0 Å². The third kappa shape index (κ3) is 2.03. The van der Waals surface area contributed by atoms with Gasteiger partial charge in [0.1, 0.15) is 0 Å². The largest absolute Gasteiger partial charge is 0.377 e. The summed E-state index contributed by atoms with van der Waals surface area (Å²) in [6.07, 6.45) is 2.96. The van der Waals surface area contributed by atoms with Crippen LogP contribution in [0.4, 0.5) is 0 Å². The first-order valence-electron chi connectivity index (χ1n) is 7.44. The fourth-order valence-electron chi connectivity index (χ4n) is 3.50. The second kappa shape index (κ2) is 4.50. The van der Waals surface area contributed by atoms with E-state index in [0.717, 1.165) is 19.3 Å².